The average Bonchev–Trinajstić information content (AvgIpc) is 2.91. The van der Waals surface area contributed by atoms with Gasteiger partial charge in [-0.1, -0.05) is 43.2 Å². The molecule has 3 heteroatoms. The summed E-state index contributed by atoms with van der Waals surface area (Å²) in [5, 5.41) is 22.1. The molecule has 0 atom stereocenters. The predicted octanol–water partition coefficient (Wildman–Crippen LogP) is 3.02. The van der Waals surface area contributed by atoms with Crippen LogP contribution >= 0.6 is 0 Å². The molecule has 0 heterocycles. The third kappa shape index (κ3) is 2.51. The van der Waals surface area contributed by atoms with Gasteiger partial charge in [-0.2, -0.15) is 0 Å². The number of aliphatic hydroxyl groups is 2. The SMILES string of the molecule is OCc1c(OCC2(O)CCCC2)ccc2ccccc12. The second kappa shape index (κ2) is 5.43. The van der Waals surface area contributed by atoms with Crippen LogP contribution < -0.4 is 4.74 Å². The monoisotopic (exact) mass is 272 g/mol. The molecule has 20 heavy (non-hydrogen) atoms. The average molecular weight is 272 g/mol. The lowest BCUT2D eigenvalue weighted by molar-refractivity contribution is 0.000880. The largest absolute Gasteiger partial charge is 0.490 e. The highest BCUT2D eigenvalue weighted by atomic mass is 16.5. The van der Waals surface area contributed by atoms with E-state index in [-0.39, 0.29) is 6.61 Å². The first-order valence-corrected chi connectivity index (χ1v) is 7.18. The molecule has 0 spiro atoms. The quantitative estimate of drug-likeness (QED) is 0.899. The Bertz CT molecular complexity index is 600. The molecule has 3 rings (SSSR count). The normalized spacial score (nSPS) is 17.5. The maximum atomic E-state index is 10.3. The van der Waals surface area contributed by atoms with Crippen molar-refractivity contribution in [1.29, 1.82) is 0 Å². The van der Waals surface area contributed by atoms with Gasteiger partial charge in [0.25, 0.3) is 0 Å². The summed E-state index contributed by atoms with van der Waals surface area (Å²) in [6.07, 6.45) is 3.72. The van der Waals surface area contributed by atoms with E-state index in [1.54, 1.807) is 0 Å². The lowest BCUT2D eigenvalue weighted by Gasteiger charge is -2.23. The summed E-state index contributed by atoms with van der Waals surface area (Å²) in [5.41, 5.74) is 0.1000. The smallest absolute Gasteiger partial charge is 0.125 e. The molecular formula is C17H20O3. The number of hydrogen-bond acceptors (Lipinski definition) is 3. The van der Waals surface area contributed by atoms with Gasteiger partial charge >= 0.3 is 0 Å². The molecule has 0 bridgehead atoms. The molecule has 2 aromatic rings. The molecular weight excluding hydrogens is 252 g/mol. The minimum atomic E-state index is -0.696. The molecule has 3 nitrogen and oxygen atoms in total. The van der Waals surface area contributed by atoms with E-state index in [0.717, 1.165) is 42.0 Å². The summed E-state index contributed by atoms with van der Waals surface area (Å²) in [7, 11) is 0. The number of benzene rings is 2. The van der Waals surface area contributed by atoms with Gasteiger partial charge < -0.3 is 14.9 Å². The third-order valence-electron chi connectivity index (χ3n) is 4.19. The van der Waals surface area contributed by atoms with Gasteiger partial charge in [-0.25, -0.2) is 0 Å². The zero-order valence-electron chi connectivity index (χ0n) is 11.5. The Morgan fingerprint density at radius 3 is 2.55 bits per heavy atom. The van der Waals surface area contributed by atoms with Crippen molar-refractivity contribution in [3.63, 3.8) is 0 Å². The molecule has 0 aliphatic heterocycles. The van der Waals surface area contributed by atoms with Crippen LogP contribution in [0.5, 0.6) is 5.75 Å². The first kappa shape index (κ1) is 13.4. The second-order valence-electron chi connectivity index (χ2n) is 5.64. The van der Waals surface area contributed by atoms with E-state index in [4.69, 9.17) is 4.74 Å². The van der Waals surface area contributed by atoms with Gasteiger partial charge in [0.15, 0.2) is 0 Å². The maximum absolute atomic E-state index is 10.3. The number of hydrogen-bond donors (Lipinski definition) is 2. The molecule has 1 fully saturated rings. The topological polar surface area (TPSA) is 49.7 Å². The van der Waals surface area contributed by atoms with Gasteiger partial charge in [-0.15, -0.1) is 0 Å². The summed E-state index contributed by atoms with van der Waals surface area (Å²) in [4.78, 5) is 0. The van der Waals surface area contributed by atoms with Crippen molar-refractivity contribution in [2.45, 2.75) is 37.9 Å². The van der Waals surface area contributed by atoms with E-state index in [0.29, 0.717) is 12.4 Å². The Morgan fingerprint density at radius 1 is 1.05 bits per heavy atom. The van der Waals surface area contributed by atoms with Gasteiger partial charge in [0, 0.05) is 5.56 Å². The van der Waals surface area contributed by atoms with E-state index in [1.165, 1.54) is 0 Å². The molecule has 2 aromatic carbocycles. The van der Waals surface area contributed by atoms with Crippen molar-refractivity contribution in [3.8, 4) is 5.75 Å². The van der Waals surface area contributed by atoms with Crippen LogP contribution in [-0.4, -0.2) is 22.4 Å². The molecule has 106 valence electrons. The van der Waals surface area contributed by atoms with Gasteiger partial charge in [-0.05, 0) is 29.7 Å². The third-order valence-corrected chi connectivity index (χ3v) is 4.19. The molecule has 1 saturated carbocycles. The van der Waals surface area contributed by atoms with Crippen molar-refractivity contribution in [1.82, 2.24) is 0 Å². The van der Waals surface area contributed by atoms with Crippen molar-refractivity contribution < 1.29 is 14.9 Å². The highest BCUT2D eigenvalue weighted by Crippen LogP contribution is 2.32. The predicted molar refractivity (Wildman–Crippen MR) is 78.8 cm³/mol. The summed E-state index contributed by atoms with van der Waals surface area (Å²) in [6, 6.07) is 11.8. The first-order chi connectivity index (χ1) is 9.72. The van der Waals surface area contributed by atoms with Crippen LogP contribution in [0.3, 0.4) is 0 Å². The first-order valence-electron chi connectivity index (χ1n) is 7.18. The molecule has 0 amide bonds. The molecule has 1 aliphatic carbocycles. The summed E-state index contributed by atoms with van der Waals surface area (Å²) in [6.45, 7) is 0.244. The van der Waals surface area contributed by atoms with Crippen LogP contribution in [0.4, 0.5) is 0 Å². The highest BCUT2D eigenvalue weighted by molar-refractivity contribution is 5.87. The van der Waals surface area contributed by atoms with Gasteiger partial charge in [0.1, 0.15) is 12.4 Å². The van der Waals surface area contributed by atoms with Crippen LogP contribution in [-0.2, 0) is 6.61 Å². The lowest BCUT2D eigenvalue weighted by atomic mass is 10.0. The number of fused-ring (bicyclic) bond motifs is 1. The lowest BCUT2D eigenvalue weighted by Crippen LogP contribution is -2.32. The minimum Gasteiger partial charge on any atom is -0.490 e. The molecule has 0 radical (unpaired) electrons. The van der Waals surface area contributed by atoms with Crippen LogP contribution in [0, 0.1) is 0 Å². The molecule has 1 aliphatic rings. The number of ether oxygens (including phenoxy) is 1. The molecule has 0 saturated heterocycles. The number of aliphatic hydroxyl groups excluding tert-OH is 1. The fourth-order valence-corrected chi connectivity index (χ4v) is 3.00. The van der Waals surface area contributed by atoms with E-state index < -0.39 is 5.60 Å². The van der Waals surface area contributed by atoms with Crippen LogP contribution in [0.15, 0.2) is 36.4 Å². The Morgan fingerprint density at radius 2 is 1.80 bits per heavy atom. The van der Waals surface area contributed by atoms with Crippen molar-refractivity contribution in [2.24, 2.45) is 0 Å². The molecule has 0 aromatic heterocycles. The van der Waals surface area contributed by atoms with E-state index in [9.17, 15) is 10.2 Å². The zero-order chi connectivity index (χ0) is 14.0. The Balaban J connectivity index is 1.87. The Hall–Kier alpha value is -1.58. The van der Waals surface area contributed by atoms with Gasteiger partial charge in [0.05, 0.1) is 12.2 Å². The van der Waals surface area contributed by atoms with Gasteiger partial charge in [0.2, 0.25) is 0 Å². The summed E-state index contributed by atoms with van der Waals surface area (Å²) in [5.74, 6) is 0.673. The van der Waals surface area contributed by atoms with E-state index in [2.05, 4.69) is 0 Å². The maximum Gasteiger partial charge on any atom is 0.125 e. The Labute approximate surface area is 118 Å². The van der Waals surface area contributed by atoms with Crippen LogP contribution in [0.1, 0.15) is 31.2 Å². The fraction of sp³-hybridized carbons (Fsp3) is 0.412. The summed E-state index contributed by atoms with van der Waals surface area (Å²) < 4.78 is 5.81. The van der Waals surface area contributed by atoms with E-state index >= 15 is 0 Å². The Kier molecular flexibility index (Phi) is 3.64. The second-order valence-corrected chi connectivity index (χ2v) is 5.64. The number of rotatable bonds is 4. The van der Waals surface area contributed by atoms with Crippen molar-refractivity contribution in [3.05, 3.63) is 42.0 Å². The van der Waals surface area contributed by atoms with Gasteiger partial charge in [-0.3, -0.25) is 0 Å². The minimum absolute atomic E-state index is 0.0604. The van der Waals surface area contributed by atoms with Crippen molar-refractivity contribution in [2.75, 3.05) is 6.61 Å². The highest BCUT2D eigenvalue weighted by Gasteiger charge is 2.32. The summed E-state index contributed by atoms with van der Waals surface area (Å²) >= 11 is 0. The fourth-order valence-electron chi connectivity index (χ4n) is 3.00. The standard InChI is InChI=1S/C17H20O3/c18-11-15-14-6-2-1-5-13(14)7-8-16(15)20-12-17(19)9-3-4-10-17/h1-2,5-8,18-19H,3-4,9-12H2. The molecule has 2 N–H and O–H groups in total. The molecule has 0 unspecified atom stereocenters. The zero-order valence-corrected chi connectivity index (χ0v) is 11.5. The van der Waals surface area contributed by atoms with Crippen LogP contribution in [0.2, 0.25) is 0 Å². The van der Waals surface area contributed by atoms with E-state index in [1.807, 2.05) is 36.4 Å². The van der Waals surface area contributed by atoms with Crippen molar-refractivity contribution >= 4 is 10.8 Å². The van der Waals surface area contributed by atoms with Crippen LogP contribution in [0.25, 0.3) is 10.8 Å².